The fourth-order valence-electron chi connectivity index (χ4n) is 2.92. The Morgan fingerprint density at radius 3 is 2.48 bits per heavy atom. The predicted molar refractivity (Wildman–Crippen MR) is 89.3 cm³/mol. The number of hydrogen-bond acceptors (Lipinski definition) is 3. The molecule has 1 atom stereocenters. The number of esters is 1. The van der Waals surface area contributed by atoms with Gasteiger partial charge < -0.3 is 4.74 Å². The molecule has 118 valence electrons. The molecule has 3 rings (SSSR count). The van der Waals surface area contributed by atoms with Crippen LogP contribution in [0.1, 0.15) is 27.0 Å². The van der Waals surface area contributed by atoms with E-state index in [1.54, 1.807) is 24.3 Å². The van der Waals surface area contributed by atoms with Crippen LogP contribution in [0.15, 0.2) is 36.4 Å². The third kappa shape index (κ3) is 3.12. The molecule has 0 saturated carbocycles. The zero-order valence-electron chi connectivity index (χ0n) is 12.4. The molecule has 0 spiro atoms. The average molecular weight is 349 g/mol. The molecule has 1 aliphatic rings. The Morgan fingerprint density at radius 2 is 1.78 bits per heavy atom. The number of methoxy groups -OCH3 is 1. The molecule has 1 aliphatic carbocycles. The lowest BCUT2D eigenvalue weighted by Gasteiger charge is -2.06. The van der Waals surface area contributed by atoms with Crippen LogP contribution in [0.2, 0.25) is 10.0 Å². The normalized spacial score (nSPS) is 16.0. The van der Waals surface area contributed by atoms with Gasteiger partial charge in [-0.2, -0.15) is 0 Å². The monoisotopic (exact) mass is 348 g/mol. The quantitative estimate of drug-likeness (QED) is 0.619. The van der Waals surface area contributed by atoms with Crippen LogP contribution in [0.5, 0.6) is 0 Å². The molecule has 0 bridgehead atoms. The van der Waals surface area contributed by atoms with Crippen molar-refractivity contribution in [3.63, 3.8) is 0 Å². The number of carbonyl (C=O) groups excluding carboxylic acids is 2. The summed E-state index contributed by atoms with van der Waals surface area (Å²) < 4.78 is 4.80. The molecule has 5 heteroatoms. The zero-order chi connectivity index (χ0) is 16.6. The molecule has 0 amide bonds. The maximum Gasteiger partial charge on any atom is 0.309 e. The van der Waals surface area contributed by atoms with E-state index in [0.717, 1.165) is 11.1 Å². The molecule has 0 radical (unpaired) electrons. The lowest BCUT2D eigenvalue weighted by Crippen LogP contribution is -2.15. The van der Waals surface area contributed by atoms with Gasteiger partial charge in [-0.15, -0.1) is 0 Å². The summed E-state index contributed by atoms with van der Waals surface area (Å²) in [6.45, 7) is 0. The first-order valence-corrected chi connectivity index (χ1v) is 7.94. The zero-order valence-corrected chi connectivity index (χ0v) is 13.9. The van der Waals surface area contributed by atoms with Gasteiger partial charge in [0.05, 0.1) is 18.1 Å². The highest BCUT2D eigenvalue weighted by molar-refractivity contribution is 6.37. The van der Waals surface area contributed by atoms with Gasteiger partial charge in [-0.1, -0.05) is 35.3 Å². The largest absolute Gasteiger partial charge is 0.469 e. The standard InChI is InChI=1S/C18H14Cl2O3/c1-23-18(22)13-6-10-2-3-11(7-12(10)8-13)17(21)15-5-4-14(19)9-16(15)20/h2-5,7,9,13H,6,8H2,1H3. The van der Waals surface area contributed by atoms with Crippen molar-refractivity contribution >= 4 is 35.0 Å². The van der Waals surface area contributed by atoms with Gasteiger partial charge in [-0.3, -0.25) is 9.59 Å². The maximum atomic E-state index is 12.6. The second-order valence-corrected chi connectivity index (χ2v) is 6.41. The van der Waals surface area contributed by atoms with Crippen molar-refractivity contribution in [2.45, 2.75) is 12.8 Å². The van der Waals surface area contributed by atoms with Crippen molar-refractivity contribution in [2.24, 2.45) is 5.92 Å². The predicted octanol–water partition coefficient (Wildman–Crippen LogP) is 4.11. The van der Waals surface area contributed by atoms with Crippen molar-refractivity contribution in [2.75, 3.05) is 7.11 Å². The Labute approximate surface area is 144 Å². The van der Waals surface area contributed by atoms with E-state index in [4.69, 9.17) is 27.9 Å². The van der Waals surface area contributed by atoms with Crippen molar-refractivity contribution in [3.05, 3.63) is 68.7 Å². The van der Waals surface area contributed by atoms with Crippen LogP contribution < -0.4 is 0 Å². The Kier molecular flexibility index (Phi) is 4.42. The van der Waals surface area contributed by atoms with E-state index in [0.29, 0.717) is 34.0 Å². The number of carbonyl (C=O) groups is 2. The lowest BCUT2D eigenvalue weighted by atomic mass is 9.99. The van der Waals surface area contributed by atoms with Gasteiger partial charge in [0.25, 0.3) is 0 Å². The van der Waals surface area contributed by atoms with Crippen LogP contribution in [-0.2, 0) is 22.4 Å². The van der Waals surface area contributed by atoms with Crippen molar-refractivity contribution in [3.8, 4) is 0 Å². The number of halogens is 2. The number of rotatable bonds is 3. The molecular formula is C18H14Cl2O3. The molecule has 0 aromatic heterocycles. The van der Waals surface area contributed by atoms with E-state index in [1.807, 2.05) is 12.1 Å². The molecular weight excluding hydrogens is 335 g/mol. The minimum absolute atomic E-state index is 0.156. The molecule has 23 heavy (non-hydrogen) atoms. The lowest BCUT2D eigenvalue weighted by molar-refractivity contribution is -0.145. The van der Waals surface area contributed by atoms with Crippen LogP contribution in [-0.4, -0.2) is 18.9 Å². The summed E-state index contributed by atoms with van der Waals surface area (Å²) in [5.41, 5.74) is 3.06. The molecule has 0 aliphatic heterocycles. The first-order chi connectivity index (χ1) is 11.0. The summed E-state index contributed by atoms with van der Waals surface area (Å²) in [4.78, 5) is 24.3. The van der Waals surface area contributed by atoms with E-state index in [1.165, 1.54) is 7.11 Å². The molecule has 2 aromatic rings. The minimum Gasteiger partial charge on any atom is -0.469 e. The van der Waals surface area contributed by atoms with Crippen LogP contribution in [0, 0.1) is 5.92 Å². The Bertz CT molecular complexity index is 799. The fourth-order valence-corrected chi connectivity index (χ4v) is 3.42. The molecule has 0 N–H and O–H groups in total. The van der Waals surface area contributed by atoms with E-state index >= 15 is 0 Å². The third-order valence-electron chi connectivity index (χ3n) is 4.11. The number of ketones is 1. The molecule has 0 fully saturated rings. The van der Waals surface area contributed by atoms with Gasteiger partial charge in [0.2, 0.25) is 0 Å². The Balaban J connectivity index is 1.89. The van der Waals surface area contributed by atoms with Crippen LogP contribution in [0.25, 0.3) is 0 Å². The van der Waals surface area contributed by atoms with Crippen LogP contribution >= 0.6 is 23.2 Å². The summed E-state index contributed by atoms with van der Waals surface area (Å²) >= 11 is 12.0. The van der Waals surface area contributed by atoms with E-state index in [9.17, 15) is 9.59 Å². The van der Waals surface area contributed by atoms with Gasteiger partial charge in [-0.05, 0) is 48.2 Å². The minimum atomic E-state index is -0.213. The summed E-state index contributed by atoms with van der Waals surface area (Å²) in [5, 5.41) is 0.817. The van der Waals surface area contributed by atoms with Gasteiger partial charge >= 0.3 is 5.97 Å². The van der Waals surface area contributed by atoms with Crippen LogP contribution in [0.3, 0.4) is 0 Å². The van der Waals surface area contributed by atoms with E-state index < -0.39 is 0 Å². The number of fused-ring (bicyclic) bond motifs is 1. The highest BCUT2D eigenvalue weighted by Gasteiger charge is 2.28. The smallest absolute Gasteiger partial charge is 0.309 e. The highest BCUT2D eigenvalue weighted by Crippen LogP contribution is 2.30. The molecule has 1 unspecified atom stereocenters. The number of benzene rings is 2. The first-order valence-electron chi connectivity index (χ1n) is 7.19. The summed E-state index contributed by atoms with van der Waals surface area (Å²) in [6.07, 6.45) is 1.25. The van der Waals surface area contributed by atoms with E-state index in [2.05, 4.69) is 0 Å². The second kappa shape index (κ2) is 6.34. The maximum absolute atomic E-state index is 12.6. The summed E-state index contributed by atoms with van der Waals surface area (Å²) in [6, 6.07) is 10.3. The summed E-state index contributed by atoms with van der Waals surface area (Å²) in [5.74, 6) is -0.537. The number of hydrogen-bond donors (Lipinski definition) is 0. The topological polar surface area (TPSA) is 43.4 Å². The van der Waals surface area contributed by atoms with Crippen molar-refractivity contribution in [1.29, 1.82) is 0 Å². The fraction of sp³-hybridized carbons (Fsp3) is 0.222. The van der Waals surface area contributed by atoms with Crippen molar-refractivity contribution < 1.29 is 14.3 Å². The molecule has 0 saturated heterocycles. The van der Waals surface area contributed by atoms with Gasteiger partial charge in [0.1, 0.15) is 0 Å². The second-order valence-electron chi connectivity index (χ2n) is 5.57. The first kappa shape index (κ1) is 16.0. The van der Waals surface area contributed by atoms with Gasteiger partial charge in [0, 0.05) is 16.1 Å². The molecule has 2 aromatic carbocycles. The Hall–Kier alpha value is -1.84. The average Bonchev–Trinajstić information content (AvgIpc) is 2.96. The summed E-state index contributed by atoms with van der Waals surface area (Å²) in [7, 11) is 1.39. The number of ether oxygens (including phenoxy) is 1. The van der Waals surface area contributed by atoms with E-state index in [-0.39, 0.29) is 17.7 Å². The van der Waals surface area contributed by atoms with Crippen molar-refractivity contribution in [1.82, 2.24) is 0 Å². The molecule has 0 heterocycles. The SMILES string of the molecule is COC(=O)C1Cc2ccc(C(=O)c3ccc(Cl)cc3Cl)cc2C1. The molecule has 3 nitrogen and oxygen atoms in total. The van der Waals surface area contributed by atoms with Crippen LogP contribution in [0.4, 0.5) is 0 Å². The highest BCUT2D eigenvalue weighted by atomic mass is 35.5. The van der Waals surface area contributed by atoms with Gasteiger partial charge in [-0.25, -0.2) is 0 Å². The third-order valence-corrected chi connectivity index (χ3v) is 4.66. The van der Waals surface area contributed by atoms with Gasteiger partial charge in [0.15, 0.2) is 5.78 Å². The Morgan fingerprint density at radius 1 is 1.04 bits per heavy atom.